The lowest BCUT2D eigenvalue weighted by Gasteiger charge is -2.10. The summed E-state index contributed by atoms with van der Waals surface area (Å²) in [7, 11) is 0. The smallest absolute Gasteiger partial charge is 0.336 e. The fourth-order valence-corrected chi connectivity index (χ4v) is 4.37. The molecule has 0 saturated carbocycles. The van der Waals surface area contributed by atoms with Gasteiger partial charge in [0.15, 0.2) is 0 Å². The zero-order valence-electron chi connectivity index (χ0n) is 7.47. The van der Waals surface area contributed by atoms with E-state index >= 15 is 0 Å². The number of carboxylic acid groups (broad SMARTS) is 1. The molecule has 0 spiro atoms. The molecule has 1 fully saturated rings. The van der Waals surface area contributed by atoms with E-state index in [1.165, 1.54) is 0 Å². The molecule has 1 aromatic carbocycles. The molecule has 0 unspecified atom stereocenters. The highest BCUT2D eigenvalue weighted by molar-refractivity contribution is 8.19. The Morgan fingerprint density at radius 3 is 2.57 bits per heavy atom. The molecular formula is C10H10O2S2. The Bertz CT molecular complexity index is 346. The molecule has 0 atom stereocenters. The van der Waals surface area contributed by atoms with Gasteiger partial charge in [0.25, 0.3) is 0 Å². The Hall–Kier alpha value is -0.610. The van der Waals surface area contributed by atoms with E-state index < -0.39 is 5.97 Å². The highest BCUT2D eigenvalue weighted by atomic mass is 32.2. The van der Waals surface area contributed by atoms with Crippen LogP contribution >= 0.6 is 23.5 Å². The predicted octanol–water partition coefficient (Wildman–Crippen LogP) is 2.86. The van der Waals surface area contributed by atoms with Gasteiger partial charge in [-0.25, -0.2) is 4.79 Å². The Morgan fingerprint density at radius 2 is 1.93 bits per heavy atom. The van der Waals surface area contributed by atoms with Gasteiger partial charge in [-0.2, -0.15) is 0 Å². The van der Waals surface area contributed by atoms with Crippen molar-refractivity contribution in [1.29, 1.82) is 0 Å². The molecule has 1 saturated heterocycles. The second-order valence-electron chi connectivity index (χ2n) is 2.97. The van der Waals surface area contributed by atoms with Crippen LogP contribution in [0.3, 0.4) is 0 Å². The second-order valence-corrected chi connectivity index (χ2v) is 5.69. The van der Waals surface area contributed by atoms with Crippen molar-refractivity contribution in [3.05, 3.63) is 35.4 Å². The van der Waals surface area contributed by atoms with Crippen molar-refractivity contribution in [3.8, 4) is 0 Å². The number of carbonyl (C=O) groups is 1. The lowest BCUT2D eigenvalue weighted by Crippen LogP contribution is -2.02. The van der Waals surface area contributed by atoms with Gasteiger partial charge in [0.05, 0.1) is 10.1 Å². The van der Waals surface area contributed by atoms with Crippen molar-refractivity contribution in [1.82, 2.24) is 0 Å². The molecule has 4 heteroatoms. The number of aromatic carboxylic acids is 1. The molecule has 0 aliphatic carbocycles. The molecule has 1 aliphatic rings. The van der Waals surface area contributed by atoms with Crippen molar-refractivity contribution < 1.29 is 9.90 Å². The fourth-order valence-electron chi connectivity index (χ4n) is 1.44. The van der Waals surface area contributed by atoms with Crippen molar-refractivity contribution in [2.75, 3.05) is 11.5 Å². The SMILES string of the molecule is O=C(O)c1ccccc1C1SCCS1. The number of hydrogen-bond donors (Lipinski definition) is 1. The lowest BCUT2D eigenvalue weighted by atomic mass is 10.1. The molecule has 1 aromatic rings. The molecule has 2 rings (SSSR count). The van der Waals surface area contributed by atoms with Gasteiger partial charge in [0, 0.05) is 11.5 Å². The summed E-state index contributed by atoms with van der Waals surface area (Å²) in [6.07, 6.45) is 0. The number of carboxylic acids is 1. The van der Waals surface area contributed by atoms with Gasteiger partial charge in [-0.05, 0) is 11.6 Å². The Labute approximate surface area is 91.1 Å². The third-order valence-electron chi connectivity index (χ3n) is 2.07. The highest BCUT2D eigenvalue weighted by Crippen LogP contribution is 2.46. The van der Waals surface area contributed by atoms with Gasteiger partial charge in [-0.3, -0.25) is 0 Å². The predicted molar refractivity (Wildman–Crippen MR) is 61.1 cm³/mol. The van der Waals surface area contributed by atoms with E-state index in [0.29, 0.717) is 10.1 Å². The van der Waals surface area contributed by atoms with Crippen LogP contribution in [0.4, 0.5) is 0 Å². The summed E-state index contributed by atoms with van der Waals surface area (Å²) in [4.78, 5) is 11.0. The Kier molecular flexibility index (Phi) is 3.03. The van der Waals surface area contributed by atoms with E-state index in [9.17, 15) is 4.79 Å². The first-order valence-electron chi connectivity index (χ1n) is 4.34. The Balaban J connectivity index is 2.35. The summed E-state index contributed by atoms with van der Waals surface area (Å²) in [6.45, 7) is 0. The first kappa shape index (κ1) is 9.93. The van der Waals surface area contributed by atoms with Gasteiger partial charge in [0.2, 0.25) is 0 Å². The first-order chi connectivity index (χ1) is 6.79. The van der Waals surface area contributed by atoms with Crippen LogP contribution in [0.5, 0.6) is 0 Å². The van der Waals surface area contributed by atoms with Crippen molar-refractivity contribution in [2.45, 2.75) is 4.58 Å². The minimum Gasteiger partial charge on any atom is -0.478 e. The molecule has 74 valence electrons. The van der Waals surface area contributed by atoms with E-state index in [0.717, 1.165) is 17.1 Å². The van der Waals surface area contributed by atoms with Crippen molar-refractivity contribution in [2.24, 2.45) is 0 Å². The van der Waals surface area contributed by atoms with E-state index in [2.05, 4.69) is 0 Å². The van der Waals surface area contributed by atoms with E-state index in [1.54, 1.807) is 12.1 Å². The summed E-state index contributed by atoms with van der Waals surface area (Å²) in [6, 6.07) is 7.27. The van der Waals surface area contributed by atoms with E-state index in [1.807, 2.05) is 35.7 Å². The zero-order valence-corrected chi connectivity index (χ0v) is 9.11. The summed E-state index contributed by atoms with van der Waals surface area (Å²) >= 11 is 3.65. The third-order valence-corrected chi connectivity index (χ3v) is 5.13. The van der Waals surface area contributed by atoms with Gasteiger partial charge in [-0.1, -0.05) is 18.2 Å². The number of rotatable bonds is 2. The van der Waals surface area contributed by atoms with Crippen molar-refractivity contribution in [3.63, 3.8) is 0 Å². The van der Waals surface area contributed by atoms with Crippen LogP contribution in [0.15, 0.2) is 24.3 Å². The molecule has 1 aliphatic heterocycles. The fraction of sp³-hybridized carbons (Fsp3) is 0.300. The average Bonchev–Trinajstić information content (AvgIpc) is 2.70. The zero-order chi connectivity index (χ0) is 9.97. The molecule has 0 amide bonds. The average molecular weight is 226 g/mol. The van der Waals surface area contributed by atoms with Gasteiger partial charge < -0.3 is 5.11 Å². The summed E-state index contributed by atoms with van der Waals surface area (Å²) in [5.74, 6) is 1.40. The first-order valence-corrected chi connectivity index (χ1v) is 6.44. The summed E-state index contributed by atoms with van der Waals surface area (Å²) in [5.41, 5.74) is 1.40. The standard InChI is InChI=1S/C10H10O2S2/c11-9(12)7-3-1-2-4-8(7)10-13-5-6-14-10/h1-4,10H,5-6H2,(H,11,12). The van der Waals surface area contributed by atoms with Crippen LogP contribution < -0.4 is 0 Å². The number of hydrogen-bond acceptors (Lipinski definition) is 3. The summed E-state index contributed by atoms with van der Waals surface area (Å²) in [5, 5.41) is 9.01. The third kappa shape index (κ3) is 1.91. The van der Waals surface area contributed by atoms with Crippen LogP contribution in [0, 0.1) is 0 Å². The maximum atomic E-state index is 11.0. The lowest BCUT2D eigenvalue weighted by molar-refractivity contribution is 0.0696. The summed E-state index contributed by atoms with van der Waals surface area (Å²) < 4.78 is 0.308. The van der Waals surface area contributed by atoms with Crippen molar-refractivity contribution >= 4 is 29.5 Å². The van der Waals surface area contributed by atoms with Gasteiger partial charge in [0.1, 0.15) is 0 Å². The normalized spacial score (nSPS) is 17.1. The highest BCUT2D eigenvalue weighted by Gasteiger charge is 2.22. The number of thioether (sulfide) groups is 2. The van der Waals surface area contributed by atoms with E-state index in [4.69, 9.17) is 5.11 Å². The molecule has 1 N–H and O–H groups in total. The topological polar surface area (TPSA) is 37.3 Å². The van der Waals surface area contributed by atoms with Crippen LogP contribution in [0.1, 0.15) is 20.5 Å². The molecule has 14 heavy (non-hydrogen) atoms. The minimum absolute atomic E-state index is 0.308. The molecule has 0 radical (unpaired) electrons. The van der Waals surface area contributed by atoms with Crippen LogP contribution in [0.2, 0.25) is 0 Å². The molecule has 0 aromatic heterocycles. The second kappa shape index (κ2) is 4.28. The largest absolute Gasteiger partial charge is 0.478 e. The van der Waals surface area contributed by atoms with E-state index in [-0.39, 0.29) is 0 Å². The molecule has 2 nitrogen and oxygen atoms in total. The Morgan fingerprint density at radius 1 is 1.29 bits per heavy atom. The minimum atomic E-state index is -0.825. The molecule has 0 bridgehead atoms. The van der Waals surface area contributed by atoms with Crippen LogP contribution in [0.25, 0.3) is 0 Å². The van der Waals surface area contributed by atoms with Crippen LogP contribution in [-0.2, 0) is 0 Å². The molecule has 1 heterocycles. The maximum absolute atomic E-state index is 11.0. The molecular weight excluding hydrogens is 216 g/mol. The van der Waals surface area contributed by atoms with Gasteiger partial charge in [-0.15, -0.1) is 23.5 Å². The van der Waals surface area contributed by atoms with Crippen LogP contribution in [-0.4, -0.2) is 22.6 Å². The monoisotopic (exact) mass is 226 g/mol. The van der Waals surface area contributed by atoms with Gasteiger partial charge >= 0.3 is 5.97 Å². The number of benzene rings is 1. The maximum Gasteiger partial charge on any atom is 0.336 e. The quantitative estimate of drug-likeness (QED) is 0.841.